The summed E-state index contributed by atoms with van der Waals surface area (Å²) in [5.41, 5.74) is 0.975. The van der Waals surface area contributed by atoms with Gasteiger partial charge in [-0.25, -0.2) is 14.9 Å². The van der Waals surface area contributed by atoms with Crippen LogP contribution in [0.2, 0.25) is 0 Å². The summed E-state index contributed by atoms with van der Waals surface area (Å²) >= 11 is 3.39. The topological polar surface area (TPSA) is 29.5 Å². The number of allylic oxidation sites excluding steroid dienone is 1. The van der Waals surface area contributed by atoms with Gasteiger partial charge in [0.25, 0.3) is 6.43 Å². The Morgan fingerprint density at radius 1 is 1.54 bits per heavy atom. The first-order chi connectivity index (χ1) is 10.9. The molecule has 1 aliphatic rings. The molecule has 1 aromatic carbocycles. The molecule has 1 unspecified atom stereocenters. The minimum absolute atomic E-state index is 0. The van der Waals surface area contributed by atoms with Gasteiger partial charge in [0.1, 0.15) is 12.4 Å². The molecule has 7 heteroatoms. The van der Waals surface area contributed by atoms with Crippen LogP contribution in [0.25, 0.3) is 5.70 Å². The van der Waals surface area contributed by atoms with Gasteiger partial charge in [-0.2, -0.15) is 0 Å². The van der Waals surface area contributed by atoms with Gasteiger partial charge in [0.15, 0.2) is 0 Å². The predicted octanol–water partition coefficient (Wildman–Crippen LogP) is 3.74. The Kier molecular flexibility index (Phi) is 8.55. The van der Waals surface area contributed by atoms with E-state index in [0.29, 0.717) is 27.9 Å². The van der Waals surface area contributed by atoms with Crippen LogP contribution in [0.3, 0.4) is 0 Å². The van der Waals surface area contributed by atoms with Gasteiger partial charge in [-0.05, 0) is 12.1 Å². The number of rotatable bonds is 5. The van der Waals surface area contributed by atoms with Crippen LogP contribution >= 0.6 is 15.9 Å². The number of hydrogen-bond donors (Lipinski definition) is 0. The summed E-state index contributed by atoms with van der Waals surface area (Å²) in [7, 11) is 0. The van der Waals surface area contributed by atoms with Crippen molar-refractivity contribution in [3.05, 3.63) is 34.3 Å². The van der Waals surface area contributed by atoms with Crippen molar-refractivity contribution in [3.63, 3.8) is 0 Å². The summed E-state index contributed by atoms with van der Waals surface area (Å²) in [5, 5.41) is 0. The maximum Gasteiger partial charge on any atom is 0.256 e. The SMILES string of the molecule is C#CCOc1ccc(C2=[C-]CC(C)C(=O)N2CC(F)F)c(Br)c1.[Y]. The summed E-state index contributed by atoms with van der Waals surface area (Å²) < 4.78 is 31.6. The average Bonchev–Trinajstić information content (AvgIpc) is 2.50. The third-order valence-corrected chi connectivity index (χ3v) is 4.03. The third-order valence-electron chi connectivity index (χ3n) is 3.37. The molecule has 0 bridgehead atoms. The monoisotopic (exact) mass is 471 g/mol. The molecule has 0 saturated carbocycles. The summed E-state index contributed by atoms with van der Waals surface area (Å²) in [6.07, 6.45) is 5.98. The molecule has 1 aromatic rings. The van der Waals surface area contributed by atoms with Gasteiger partial charge in [0.05, 0.1) is 6.54 Å². The van der Waals surface area contributed by atoms with Crippen LogP contribution in [0.5, 0.6) is 5.75 Å². The van der Waals surface area contributed by atoms with Crippen molar-refractivity contribution in [3.8, 4) is 18.1 Å². The van der Waals surface area contributed by atoms with Crippen LogP contribution in [0.4, 0.5) is 8.78 Å². The summed E-state index contributed by atoms with van der Waals surface area (Å²) in [4.78, 5) is 13.3. The normalized spacial score (nSPS) is 17.2. The molecular weight excluding hydrogens is 457 g/mol. The van der Waals surface area contributed by atoms with Crippen molar-refractivity contribution in [2.45, 2.75) is 19.8 Å². The minimum Gasteiger partial charge on any atom is -0.481 e. The number of carbonyl (C=O) groups excluding carboxylic acids is 1. The number of halogens is 3. The zero-order chi connectivity index (χ0) is 17.0. The van der Waals surface area contributed by atoms with Crippen molar-refractivity contribution in [1.82, 2.24) is 4.90 Å². The van der Waals surface area contributed by atoms with Crippen LogP contribution in [-0.4, -0.2) is 30.4 Å². The number of nitrogens with zero attached hydrogens (tertiary/aromatic N) is 1. The molecule has 3 nitrogen and oxygen atoms in total. The number of ether oxygens (including phenoxy) is 1. The molecule has 2 rings (SSSR count). The van der Waals surface area contributed by atoms with Gasteiger partial charge in [0, 0.05) is 38.6 Å². The maximum atomic E-state index is 12.8. The summed E-state index contributed by atoms with van der Waals surface area (Å²) in [6.45, 7) is 1.19. The van der Waals surface area contributed by atoms with E-state index in [1.54, 1.807) is 25.1 Å². The Hall–Kier alpha value is -0.766. The van der Waals surface area contributed by atoms with E-state index in [2.05, 4.69) is 27.9 Å². The maximum absolute atomic E-state index is 12.8. The Morgan fingerprint density at radius 2 is 2.25 bits per heavy atom. The number of amides is 1. The Balaban J connectivity index is 0.00000288. The average molecular weight is 472 g/mol. The first-order valence-electron chi connectivity index (χ1n) is 7.00. The van der Waals surface area contributed by atoms with Gasteiger partial charge in [-0.15, -0.1) is 23.8 Å². The second-order valence-electron chi connectivity index (χ2n) is 5.10. The van der Waals surface area contributed by atoms with Crippen LogP contribution in [0, 0.1) is 24.3 Å². The quantitative estimate of drug-likeness (QED) is 0.483. The second kappa shape index (κ2) is 9.65. The van der Waals surface area contributed by atoms with Crippen LogP contribution < -0.4 is 4.74 Å². The summed E-state index contributed by atoms with van der Waals surface area (Å²) in [6, 6.07) is 5.06. The first-order valence-corrected chi connectivity index (χ1v) is 7.80. The molecule has 0 saturated heterocycles. The van der Waals surface area contributed by atoms with E-state index in [4.69, 9.17) is 11.2 Å². The molecule has 0 aliphatic carbocycles. The number of benzene rings is 1. The molecule has 125 valence electrons. The smallest absolute Gasteiger partial charge is 0.256 e. The van der Waals surface area contributed by atoms with E-state index >= 15 is 0 Å². The Bertz CT molecular complexity index is 673. The van der Waals surface area contributed by atoms with Crippen molar-refractivity contribution >= 4 is 27.5 Å². The fraction of sp³-hybridized carbons (Fsp3) is 0.353. The van der Waals surface area contributed by atoms with Crippen LogP contribution in [0.1, 0.15) is 18.9 Å². The molecule has 0 aromatic heterocycles. The minimum atomic E-state index is -2.61. The van der Waals surface area contributed by atoms with Crippen LogP contribution in [-0.2, 0) is 37.5 Å². The van der Waals surface area contributed by atoms with E-state index < -0.39 is 13.0 Å². The molecule has 1 atom stereocenters. The molecule has 0 fully saturated rings. The van der Waals surface area contributed by atoms with Gasteiger partial charge in [0.2, 0.25) is 5.91 Å². The molecule has 1 amide bonds. The Morgan fingerprint density at radius 3 is 2.83 bits per heavy atom. The zero-order valence-electron chi connectivity index (χ0n) is 13.1. The van der Waals surface area contributed by atoms with Gasteiger partial charge in [-0.1, -0.05) is 39.7 Å². The number of hydrogen-bond acceptors (Lipinski definition) is 2. The van der Waals surface area contributed by atoms with E-state index in [-0.39, 0.29) is 51.1 Å². The fourth-order valence-electron chi connectivity index (χ4n) is 2.27. The standard InChI is InChI=1S/C17H15BrF2NO2.Y/c1-3-8-23-12-5-6-13(14(18)9-12)15-7-4-11(2)17(22)21(15)10-16(19)20;/h1,5-6,9,11,16H,4,8,10H2,2H3;/q-1;. The molecule has 1 aliphatic heterocycles. The Labute approximate surface area is 173 Å². The fourth-order valence-corrected chi connectivity index (χ4v) is 2.82. The van der Waals surface area contributed by atoms with Crippen molar-refractivity contribution in [2.75, 3.05) is 13.2 Å². The molecule has 1 heterocycles. The van der Waals surface area contributed by atoms with Crippen molar-refractivity contribution < 1.29 is 51.0 Å². The number of carbonyl (C=O) groups is 1. The van der Waals surface area contributed by atoms with Gasteiger partial charge < -0.3 is 9.64 Å². The van der Waals surface area contributed by atoms with E-state index in [1.165, 1.54) is 0 Å². The summed E-state index contributed by atoms with van der Waals surface area (Å²) in [5.74, 6) is 2.24. The van der Waals surface area contributed by atoms with E-state index in [9.17, 15) is 13.6 Å². The van der Waals surface area contributed by atoms with Crippen molar-refractivity contribution in [1.29, 1.82) is 0 Å². The molecular formula is C17H15BrF2NO2Y-. The second-order valence-corrected chi connectivity index (χ2v) is 5.96. The molecule has 0 spiro atoms. The number of terminal acetylenes is 1. The van der Waals surface area contributed by atoms with E-state index in [1.807, 2.05) is 0 Å². The largest absolute Gasteiger partial charge is 0.481 e. The molecule has 24 heavy (non-hydrogen) atoms. The predicted molar refractivity (Wildman–Crippen MR) is 86.6 cm³/mol. The van der Waals surface area contributed by atoms with Crippen LogP contribution in [0.15, 0.2) is 22.7 Å². The third kappa shape index (κ3) is 5.11. The molecule has 0 N–H and O–H groups in total. The van der Waals surface area contributed by atoms with Gasteiger partial charge >= 0.3 is 0 Å². The van der Waals surface area contributed by atoms with Crippen molar-refractivity contribution in [2.24, 2.45) is 5.92 Å². The number of alkyl halides is 2. The van der Waals surface area contributed by atoms with E-state index in [0.717, 1.165) is 4.90 Å². The zero-order valence-corrected chi connectivity index (χ0v) is 17.5. The molecule has 1 radical (unpaired) electrons. The first kappa shape index (κ1) is 21.3. The van der Waals surface area contributed by atoms with Gasteiger partial charge in [-0.3, -0.25) is 4.79 Å².